The summed E-state index contributed by atoms with van der Waals surface area (Å²) >= 11 is 5.37. The number of ether oxygens (including phenoxy) is 1. The van der Waals surface area contributed by atoms with Crippen LogP contribution in [0.5, 0.6) is 0 Å². The molecule has 102 valence electrons. The number of nitrogens with zero attached hydrogens (tertiary/aromatic N) is 1. The molecule has 3 aliphatic rings. The maximum Gasteiger partial charge on any atom is 0.130 e. The Morgan fingerprint density at radius 3 is 2.74 bits per heavy atom. The summed E-state index contributed by atoms with van der Waals surface area (Å²) in [4.78, 5) is 8.18. The summed E-state index contributed by atoms with van der Waals surface area (Å²) in [6, 6.07) is 2.07. The quantitative estimate of drug-likeness (QED) is 0.834. The third-order valence-corrected chi connectivity index (χ3v) is 5.24. The second kappa shape index (κ2) is 4.67. The molecular formula is C15H20N2OS. The summed E-state index contributed by atoms with van der Waals surface area (Å²) in [5, 5.41) is 0. The highest BCUT2D eigenvalue weighted by atomic mass is 32.1. The van der Waals surface area contributed by atoms with E-state index in [4.69, 9.17) is 17.0 Å². The molecule has 2 aliphatic heterocycles. The van der Waals surface area contributed by atoms with E-state index in [0.717, 1.165) is 16.9 Å². The molecule has 0 amide bonds. The Balaban J connectivity index is 1.66. The zero-order chi connectivity index (χ0) is 12.8. The van der Waals surface area contributed by atoms with E-state index < -0.39 is 0 Å². The summed E-state index contributed by atoms with van der Waals surface area (Å²) in [6.45, 7) is 0. The van der Waals surface area contributed by atoms with Gasteiger partial charge in [-0.25, -0.2) is 4.98 Å². The Hall–Kier alpha value is -0.740. The van der Waals surface area contributed by atoms with Crippen molar-refractivity contribution in [3.63, 3.8) is 0 Å². The molecule has 1 N–H and O–H groups in total. The number of aromatic amines is 1. The number of rotatable bonds is 2. The maximum atomic E-state index is 5.95. The van der Waals surface area contributed by atoms with Crippen LogP contribution in [0, 0.1) is 4.64 Å². The number of nitrogens with one attached hydrogen (secondary N) is 1. The lowest BCUT2D eigenvalue weighted by molar-refractivity contribution is 0.0998. The Bertz CT molecular complexity index is 535. The van der Waals surface area contributed by atoms with Gasteiger partial charge in [0.2, 0.25) is 0 Å². The molecule has 3 heterocycles. The molecule has 0 radical (unpaired) electrons. The first kappa shape index (κ1) is 12.0. The molecule has 4 rings (SSSR count). The smallest absolute Gasteiger partial charge is 0.130 e. The van der Waals surface area contributed by atoms with Crippen molar-refractivity contribution in [3.05, 3.63) is 22.2 Å². The number of H-pyrrole nitrogens is 1. The van der Waals surface area contributed by atoms with Gasteiger partial charge in [0.25, 0.3) is 0 Å². The highest BCUT2D eigenvalue weighted by Crippen LogP contribution is 2.43. The van der Waals surface area contributed by atoms with Crippen LogP contribution in [0.4, 0.5) is 0 Å². The molecule has 3 unspecified atom stereocenters. The van der Waals surface area contributed by atoms with Crippen LogP contribution in [0.3, 0.4) is 0 Å². The monoisotopic (exact) mass is 276 g/mol. The van der Waals surface area contributed by atoms with Crippen molar-refractivity contribution in [3.8, 4) is 0 Å². The predicted octanol–water partition coefficient (Wildman–Crippen LogP) is 3.83. The number of fused-ring (bicyclic) bond motifs is 2. The van der Waals surface area contributed by atoms with Crippen LogP contribution in [0.25, 0.3) is 0 Å². The molecule has 3 atom stereocenters. The van der Waals surface area contributed by atoms with Gasteiger partial charge in [-0.1, -0.05) is 25.1 Å². The van der Waals surface area contributed by atoms with Gasteiger partial charge in [-0.15, -0.1) is 0 Å². The lowest BCUT2D eigenvalue weighted by atomic mass is 9.88. The topological polar surface area (TPSA) is 37.9 Å². The summed E-state index contributed by atoms with van der Waals surface area (Å²) in [6.07, 6.45) is 9.66. The van der Waals surface area contributed by atoms with Gasteiger partial charge >= 0.3 is 0 Å². The molecule has 1 aliphatic carbocycles. The van der Waals surface area contributed by atoms with Crippen LogP contribution in [-0.4, -0.2) is 22.2 Å². The molecule has 3 nitrogen and oxygen atoms in total. The first-order valence-corrected chi connectivity index (χ1v) is 7.97. The molecule has 1 aromatic heterocycles. The zero-order valence-electron chi connectivity index (χ0n) is 11.1. The average molecular weight is 276 g/mol. The highest BCUT2D eigenvalue weighted by Gasteiger charge is 2.42. The fourth-order valence-electron chi connectivity index (χ4n) is 4.05. The summed E-state index contributed by atoms with van der Waals surface area (Å²) in [7, 11) is 0. The summed E-state index contributed by atoms with van der Waals surface area (Å²) < 4.78 is 6.70. The lowest BCUT2D eigenvalue weighted by Gasteiger charge is -2.19. The number of hydrogen-bond donors (Lipinski definition) is 1. The van der Waals surface area contributed by atoms with Crippen molar-refractivity contribution in [1.29, 1.82) is 0 Å². The van der Waals surface area contributed by atoms with E-state index in [1.807, 2.05) is 0 Å². The van der Waals surface area contributed by atoms with Crippen molar-refractivity contribution in [2.24, 2.45) is 0 Å². The van der Waals surface area contributed by atoms with Gasteiger partial charge in [0.1, 0.15) is 10.5 Å². The van der Waals surface area contributed by atoms with Gasteiger partial charge in [0, 0.05) is 11.6 Å². The zero-order valence-corrected chi connectivity index (χ0v) is 11.9. The van der Waals surface area contributed by atoms with Gasteiger partial charge in [-0.3, -0.25) is 0 Å². The molecule has 3 fully saturated rings. The molecule has 2 bridgehead atoms. The molecule has 0 spiro atoms. The van der Waals surface area contributed by atoms with Crippen molar-refractivity contribution >= 4 is 12.2 Å². The predicted molar refractivity (Wildman–Crippen MR) is 75.9 cm³/mol. The van der Waals surface area contributed by atoms with Crippen molar-refractivity contribution in [1.82, 2.24) is 9.97 Å². The molecule has 1 saturated carbocycles. The van der Waals surface area contributed by atoms with E-state index in [0.29, 0.717) is 24.0 Å². The van der Waals surface area contributed by atoms with Gasteiger partial charge in [-0.2, -0.15) is 0 Å². The molecule has 2 saturated heterocycles. The Morgan fingerprint density at radius 1 is 1.21 bits per heavy atom. The van der Waals surface area contributed by atoms with Crippen LogP contribution in [0.1, 0.15) is 68.3 Å². The SMILES string of the molecule is S=c1cc(C2CCCC2)[nH]c(C2CC3CCC2O3)n1. The largest absolute Gasteiger partial charge is 0.374 e. The maximum absolute atomic E-state index is 5.95. The lowest BCUT2D eigenvalue weighted by Crippen LogP contribution is -2.18. The first-order valence-electron chi connectivity index (χ1n) is 7.56. The Kier molecular flexibility index (Phi) is 2.96. The van der Waals surface area contributed by atoms with Crippen molar-refractivity contribution in [2.45, 2.75) is 69.0 Å². The minimum absolute atomic E-state index is 0.377. The van der Waals surface area contributed by atoms with E-state index in [9.17, 15) is 0 Å². The van der Waals surface area contributed by atoms with E-state index in [2.05, 4.69) is 16.0 Å². The third kappa shape index (κ3) is 2.15. The highest BCUT2D eigenvalue weighted by molar-refractivity contribution is 7.71. The van der Waals surface area contributed by atoms with Crippen LogP contribution in [0.2, 0.25) is 0 Å². The standard InChI is InChI=1S/C15H20N2OS/c19-14-8-12(9-3-1-2-4-9)16-15(17-14)11-7-10-5-6-13(11)18-10/h8-11,13H,1-7H2,(H,16,17,19). The second-order valence-corrected chi connectivity index (χ2v) is 6.68. The first-order chi connectivity index (χ1) is 9.29. The van der Waals surface area contributed by atoms with Crippen LogP contribution < -0.4 is 0 Å². The third-order valence-electron chi connectivity index (χ3n) is 5.03. The molecule has 1 aromatic rings. The van der Waals surface area contributed by atoms with Crippen molar-refractivity contribution in [2.75, 3.05) is 0 Å². The molecular weight excluding hydrogens is 256 g/mol. The summed E-state index contributed by atoms with van der Waals surface area (Å²) in [5.41, 5.74) is 1.32. The minimum atomic E-state index is 0.377. The molecule has 4 heteroatoms. The Labute approximate surface area is 118 Å². The van der Waals surface area contributed by atoms with Crippen LogP contribution in [0.15, 0.2) is 6.07 Å². The summed E-state index contributed by atoms with van der Waals surface area (Å²) in [5.74, 6) is 2.20. The van der Waals surface area contributed by atoms with E-state index in [1.165, 1.54) is 44.2 Å². The fraction of sp³-hybridized carbons (Fsp3) is 0.733. The fourth-order valence-corrected chi connectivity index (χ4v) is 4.28. The van der Waals surface area contributed by atoms with Crippen LogP contribution in [-0.2, 0) is 4.74 Å². The molecule has 19 heavy (non-hydrogen) atoms. The average Bonchev–Trinajstić information content (AvgIpc) is 3.15. The number of aromatic nitrogens is 2. The Morgan fingerprint density at radius 2 is 2.05 bits per heavy atom. The minimum Gasteiger partial charge on any atom is -0.374 e. The van der Waals surface area contributed by atoms with Crippen LogP contribution >= 0.6 is 12.2 Å². The van der Waals surface area contributed by atoms with Gasteiger partial charge in [-0.05, 0) is 44.1 Å². The van der Waals surface area contributed by atoms with E-state index in [1.54, 1.807) is 0 Å². The number of hydrogen-bond acceptors (Lipinski definition) is 3. The van der Waals surface area contributed by atoms with E-state index in [-0.39, 0.29) is 0 Å². The molecule has 0 aromatic carbocycles. The van der Waals surface area contributed by atoms with Gasteiger partial charge < -0.3 is 9.72 Å². The van der Waals surface area contributed by atoms with Gasteiger partial charge in [0.15, 0.2) is 0 Å². The van der Waals surface area contributed by atoms with E-state index >= 15 is 0 Å². The van der Waals surface area contributed by atoms with Gasteiger partial charge in [0.05, 0.1) is 12.2 Å². The second-order valence-electron chi connectivity index (χ2n) is 6.26. The van der Waals surface area contributed by atoms with Crippen molar-refractivity contribution < 1.29 is 4.74 Å². The normalized spacial score (nSPS) is 34.2.